The Balaban J connectivity index is 1.52. The molecule has 166 valence electrons. The van der Waals surface area contributed by atoms with E-state index in [1.807, 2.05) is 0 Å². The van der Waals surface area contributed by atoms with Crippen LogP contribution in [-0.2, 0) is 0 Å². The van der Waals surface area contributed by atoms with Crippen molar-refractivity contribution in [2.75, 3.05) is 14.1 Å². The van der Waals surface area contributed by atoms with Crippen LogP contribution in [0.5, 0.6) is 0 Å². The molecule has 0 saturated heterocycles. The molecule has 0 unspecified atom stereocenters. The molecule has 0 aliphatic heterocycles. The molecule has 5 saturated carbocycles. The molecule has 5 aliphatic rings. The Hall–Kier alpha value is -0.120. The van der Waals surface area contributed by atoms with E-state index in [-0.39, 0.29) is 11.5 Å². The smallest absolute Gasteiger partial charge is 0.0594 e. The van der Waals surface area contributed by atoms with Gasteiger partial charge in [0.1, 0.15) is 0 Å². The Morgan fingerprint density at radius 1 is 0.862 bits per heavy atom. The molecule has 3 heteroatoms. The SMILES string of the molecule is CN[C@H]1CC[C@]23C[C@]24CC[C@]2(C)[C@@H]([C@@H](C)NC)[C@H](O)C[C@@]2(C)[C@H]4CC[C@@H]3C1(C)C. The lowest BCUT2D eigenvalue weighted by Crippen LogP contribution is -2.59. The van der Waals surface area contributed by atoms with Gasteiger partial charge in [-0.1, -0.05) is 27.7 Å². The summed E-state index contributed by atoms with van der Waals surface area (Å²) in [6.07, 6.45) is 10.7. The van der Waals surface area contributed by atoms with Crippen LogP contribution in [0.25, 0.3) is 0 Å². The molecule has 0 aromatic rings. The Bertz CT molecular complexity index is 692. The fourth-order valence-electron chi connectivity index (χ4n) is 11.1. The van der Waals surface area contributed by atoms with Gasteiger partial charge in [-0.2, -0.15) is 0 Å². The fourth-order valence-corrected chi connectivity index (χ4v) is 11.1. The molecule has 0 bridgehead atoms. The quantitative estimate of drug-likeness (QED) is 0.647. The van der Waals surface area contributed by atoms with Crippen LogP contribution in [-0.4, -0.2) is 37.4 Å². The van der Waals surface area contributed by atoms with Crippen LogP contribution >= 0.6 is 0 Å². The highest BCUT2D eigenvalue weighted by Crippen LogP contribution is 2.88. The minimum Gasteiger partial charge on any atom is -0.393 e. The van der Waals surface area contributed by atoms with Gasteiger partial charge in [0, 0.05) is 18.0 Å². The first-order chi connectivity index (χ1) is 13.5. The summed E-state index contributed by atoms with van der Waals surface area (Å²) in [6.45, 7) is 12.6. The summed E-state index contributed by atoms with van der Waals surface area (Å²) < 4.78 is 0. The lowest BCUT2D eigenvalue weighted by molar-refractivity contribution is -0.144. The summed E-state index contributed by atoms with van der Waals surface area (Å²) in [5.74, 6) is 2.08. The first-order valence-electron chi connectivity index (χ1n) is 12.6. The lowest BCUT2D eigenvalue weighted by atomic mass is 9.42. The third-order valence-corrected chi connectivity index (χ3v) is 12.5. The predicted molar refractivity (Wildman–Crippen MR) is 120 cm³/mol. The van der Waals surface area contributed by atoms with Crippen LogP contribution in [0.1, 0.15) is 86.0 Å². The van der Waals surface area contributed by atoms with Crippen LogP contribution in [0.3, 0.4) is 0 Å². The summed E-state index contributed by atoms with van der Waals surface area (Å²) in [4.78, 5) is 0. The van der Waals surface area contributed by atoms with E-state index >= 15 is 0 Å². The first-order valence-corrected chi connectivity index (χ1v) is 12.6. The molecule has 0 amide bonds. The minimum absolute atomic E-state index is 0.147. The van der Waals surface area contributed by atoms with Gasteiger partial charge in [-0.05, 0) is 111 Å². The molecule has 2 spiro atoms. The van der Waals surface area contributed by atoms with E-state index in [1.165, 1.54) is 44.9 Å². The zero-order chi connectivity index (χ0) is 21.0. The van der Waals surface area contributed by atoms with Crippen molar-refractivity contribution in [1.29, 1.82) is 0 Å². The van der Waals surface area contributed by atoms with Crippen molar-refractivity contribution in [3.63, 3.8) is 0 Å². The van der Waals surface area contributed by atoms with Crippen LogP contribution in [0.2, 0.25) is 0 Å². The zero-order valence-corrected chi connectivity index (χ0v) is 20.1. The normalized spacial score (nSPS) is 58.6. The number of aliphatic hydroxyl groups excluding tert-OH is 1. The summed E-state index contributed by atoms with van der Waals surface area (Å²) in [5.41, 5.74) is 2.14. The number of hydrogen-bond acceptors (Lipinski definition) is 3. The van der Waals surface area contributed by atoms with Gasteiger partial charge in [0.2, 0.25) is 0 Å². The second kappa shape index (κ2) is 6.01. The highest BCUT2D eigenvalue weighted by molar-refractivity contribution is 5.31. The summed E-state index contributed by atoms with van der Waals surface area (Å²) in [6, 6.07) is 1.06. The van der Waals surface area contributed by atoms with Crippen molar-refractivity contribution < 1.29 is 5.11 Å². The number of fused-ring (bicyclic) bond motifs is 2. The largest absolute Gasteiger partial charge is 0.393 e. The van der Waals surface area contributed by atoms with Crippen LogP contribution in [0, 0.1) is 44.8 Å². The monoisotopic (exact) mass is 402 g/mol. The first kappa shape index (κ1) is 20.8. The molecule has 0 aromatic carbocycles. The van der Waals surface area contributed by atoms with Crippen LogP contribution in [0.15, 0.2) is 0 Å². The van der Waals surface area contributed by atoms with Gasteiger partial charge in [-0.3, -0.25) is 0 Å². The molecular formula is C26H46N2O. The molecule has 5 aliphatic carbocycles. The molecule has 0 aromatic heterocycles. The van der Waals surface area contributed by atoms with Crippen molar-refractivity contribution >= 4 is 0 Å². The number of aliphatic hydroxyl groups is 1. The van der Waals surface area contributed by atoms with Crippen molar-refractivity contribution in [2.24, 2.45) is 44.8 Å². The average molecular weight is 403 g/mol. The van der Waals surface area contributed by atoms with Crippen molar-refractivity contribution in [3.05, 3.63) is 0 Å². The highest BCUT2D eigenvalue weighted by Gasteiger charge is 2.82. The lowest BCUT2D eigenvalue weighted by Gasteiger charge is -2.63. The molecule has 29 heavy (non-hydrogen) atoms. The molecule has 0 radical (unpaired) electrons. The van der Waals surface area contributed by atoms with Gasteiger partial charge in [0.15, 0.2) is 0 Å². The van der Waals surface area contributed by atoms with Crippen molar-refractivity contribution in [1.82, 2.24) is 10.6 Å². The maximum Gasteiger partial charge on any atom is 0.0594 e. The third-order valence-electron chi connectivity index (χ3n) is 12.5. The average Bonchev–Trinajstić information content (AvgIpc) is 3.26. The fraction of sp³-hybridized carbons (Fsp3) is 1.00. The number of rotatable bonds is 3. The summed E-state index contributed by atoms with van der Waals surface area (Å²) >= 11 is 0. The van der Waals surface area contributed by atoms with Crippen molar-refractivity contribution in [2.45, 2.75) is 104 Å². The summed E-state index contributed by atoms with van der Waals surface area (Å²) in [7, 11) is 4.25. The van der Waals surface area contributed by atoms with Gasteiger partial charge in [-0.25, -0.2) is 0 Å². The predicted octanol–water partition coefficient (Wildman–Crippen LogP) is 4.59. The second-order valence-electron chi connectivity index (χ2n) is 13.1. The van der Waals surface area contributed by atoms with E-state index < -0.39 is 0 Å². The Morgan fingerprint density at radius 3 is 2.17 bits per heavy atom. The molecule has 0 heterocycles. The van der Waals surface area contributed by atoms with Gasteiger partial charge in [-0.15, -0.1) is 0 Å². The van der Waals surface area contributed by atoms with Crippen LogP contribution in [0.4, 0.5) is 0 Å². The molecule has 3 nitrogen and oxygen atoms in total. The van der Waals surface area contributed by atoms with Gasteiger partial charge < -0.3 is 15.7 Å². The van der Waals surface area contributed by atoms with E-state index in [4.69, 9.17) is 0 Å². The van der Waals surface area contributed by atoms with E-state index in [1.54, 1.807) is 0 Å². The van der Waals surface area contributed by atoms with Crippen molar-refractivity contribution in [3.8, 4) is 0 Å². The maximum absolute atomic E-state index is 11.3. The Morgan fingerprint density at radius 2 is 1.52 bits per heavy atom. The molecule has 3 N–H and O–H groups in total. The standard InChI is InChI=1S/C26H46N2O/c1-16(27-6)21-17(29)14-24(5)19-9-8-18-22(2,3)20(28-7)10-11-25(18)15-26(19,25)13-12-23(21,24)4/h16-21,27-29H,8-15H2,1-7H3/t16-,17-,18-,19-,20+,21+,23-,24+,25-,26+/m1/s1. The zero-order valence-electron chi connectivity index (χ0n) is 20.1. The van der Waals surface area contributed by atoms with E-state index in [9.17, 15) is 5.11 Å². The topological polar surface area (TPSA) is 44.3 Å². The number of nitrogens with one attached hydrogen (secondary N) is 2. The Labute approximate surface area is 179 Å². The van der Waals surface area contributed by atoms with E-state index in [0.29, 0.717) is 39.7 Å². The van der Waals surface area contributed by atoms with Gasteiger partial charge in [0.25, 0.3) is 0 Å². The summed E-state index contributed by atoms with van der Waals surface area (Å²) in [5, 5.41) is 18.4. The maximum atomic E-state index is 11.3. The van der Waals surface area contributed by atoms with Crippen LogP contribution < -0.4 is 10.6 Å². The number of hydrogen-bond donors (Lipinski definition) is 3. The van der Waals surface area contributed by atoms with Gasteiger partial charge >= 0.3 is 0 Å². The molecule has 5 rings (SSSR count). The third kappa shape index (κ3) is 2.16. The highest BCUT2D eigenvalue weighted by atomic mass is 16.3. The Kier molecular flexibility index (Phi) is 4.31. The van der Waals surface area contributed by atoms with E-state index in [0.717, 1.165) is 18.3 Å². The molecular weight excluding hydrogens is 356 g/mol. The van der Waals surface area contributed by atoms with E-state index in [2.05, 4.69) is 59.3 Å². The second-order valence-corrected chi connectivity index (χ2v) is 13.1. The molecule has 10 atom stereocenters. The van der Waals surface area contributed by atoms with Gasteiger partial charge in [0.05, 0.1) is 6.10 Å². The minimum atomic E-state index is -0.147. The molecule has 5 fully saturated rings.